The number of aliphatic hydroxyl groups is 1. The van der Waals surface area contributed by atoms with Crippen LogP contribution in [0.5, 0.6) is 0 Å². The van der Waals surface area contributed by atoms with Gasteiger partial charge in [-0.3, -0.25) is 14.3 Å². The van der Waals surface area contributed by atoms with E-state index in [1.54, 1.807) is 0 Å². The van der Waals surface area contributed by atoms with E-state index in [2.05, 4.69) is 44.3 Å². The molecule has 1 aromatic heterocycles. The lowest BCUT2D eigenvalue weighted by atomic mass is 10.0. The molecule has 1 unspecified atom stereocenters. The Kier molecular flexibility index (Phi) is 9.83. The lowest BCUT2D eigenvalue weighted by Gasteiger charge is -2.40. The maximum atomic E-state index is 12.3. The van der Waals surface area contributed by atoms with Crippen molar-refractivity contribution in [2.24, 2.45) is 0 Å². The van der Waals surface area contributed by atoms with Gasteiger partial charge in [0, 0.05) is 18.7 Å². The van der Waals surface area contributed by atoms with E-state index in [9.17, 15) is 14.7 Å². The van der Waals surface area contributed by atoms with E-state index in [1.165, 1.54) is 16.8 Å². The van der Waals surface area contributed by atoms with Crippen LogP contribution >= 0.6 is 0 Å². The van der Waals surface area contributed by atoms with Crippen molar-refractivity contribution in [3.8, 4) is 0 Å². The molecule has 13 heteroatoms. The molecule has 1 fully saturated rings. The Bertz CT molecular complexity index is 1330. The molecule has 0 bridgehead atoms. The van der Waals surface area contributed by atoms with Crippen LogP contribution in [0.2, 0.25) is 39.3 Å². The Morgan fingerprint density at radius 3 is 1.93 bits per heavy atom. The fourth-order valence-corrected chi connectivity index (χ4v) is 12.9. The average Bonchev–Trinajstić information content (AvgIpc) is 3.25. The molecule has 1 aliphatic rings. The normalized spacial score (nSPS) is 20.0. The van der Waals surface area contributed by atoms with E-state index in [4.69, 9.17) is 21.8 Å². The summed E-state index contributed by atoms with van der Waals surface area (Å²) in [5.41, 5.74) is 0.733. The van der Waals surface area contributed by atoms with E-state index < -0.39 is 61.5 Å². The Morgan fingerprint density at radius 2 is 1.44 bits per heavy atom. The van der Waals surface area contributed by atoms with Crippen molar-refractivity contribution < 1.29 is 26.9 Å². The minimum absolute atomic E-state index is 0.0761. The summed E-state index contributed by atoms with van der Waals surface area (Å²) in [6.07, 6.45) is -1.50. The van der Waals surface area contributed by atoms with Gasteiger partial charge in [-0.05, 0) is 50.4 Å². The molecule has 10 nitrogen and oxygen atoms in total. The Labute approximate surface area is 243 Å². The third kappa shape index (κ3) is 8.76. The first-order valence-corrected chi connectivity index (χ1v) is 22.2. The largest absolute Gasteiger partial charge is 0.659 e. The second kappa shape index (κ2) is 12.8. The molecule has 0 spiro atoms. The number of H-pyrrole nitrogens is 1. The topological polar surface area (TPSA) is 121 Å². The van der Waals surface area contributed by atoms with Gasteiger partial charge in [-0.15, -0.1) is 0 Å². The number of nitrogens with zero attached hydrogens (tertiary/aromatic N) is 1. The van der Waals surface area contributed by atoms with E-state index in [0.717, 1.165) is 11.1 Å². The molecule has 41 heavy (non-hydrogen) atoms. The molecule has 3 atom stereocenters. The molecule has 2 heterocycles. The summed E-state index contributed by atoms with van der Waals surface area (Å²) in [5.74, 6) is 0. The minimum Gasteiger partial charge on any atom is -0.395 e. The van der Waals surface area contributed by atoms with Crippen LogP contribution in [0.4, 0.5) is 0 Å². The number of hydrogen-bond donors (Lipinski definition) is 2. The monoisotopic (exact) mass is 616 g/mol. The summed E-state index contributed by atoms with van der Waals surface area (Å²) < 4.78 is 34.2. The molecule has 222 valence electrons. The average molecular weight is 617 g/mol. The number of hydrogen-bond acceptors (Lipinski definition) is 8. The predicted octanol–water partition coefficient (Wildman–Crippen LogP) is 4.15. The lowest BCUT2D eigenvalue weighted by Crippen LogP contribution is -2.60. The smallest absolute Gasteiger partial charge is 0.395 e. The molecule has 0 radical (unpaired) electrons. The lowest BCUT2D eigenvalue weighted by molar-refractivity contribution is -0.0682. The van der Waals surface area contributed by atoms with Crippen LogP contribution in [0.25, 0.3) is 0 Å². The Morgan fingerprint density at radius 1 is 0.902 bits per heavy atom. The molecular formula is C28H40N2O8Si3. The fraction of sp³-hybridized carbons (Fsp3) is 0.429. The predicted molar refractivity (Wildman–Crippen MR) is 162 cm³/mol. The van der Waals surface area contributed by atoms with Crippen molar-refractivity contribution in [3.63, 3.8) is 0 Å². The van der Waals surface area contributed by atoms with Crippen molar-refractivity contribution in [1.29, 1.82) is 0 Å². The first-order chi connectivity index (χ1) is 19.2. The highest BCUT2D eigenvalue weighted by molar-refractivity contribution is 6.83. The van der Waals surface area contributed by atoms with E-state index in [1.807, 2.05) is 60.7 Å². The molecule has 3 aromatic rings. The zero-order chi connectivity index (χ0) is 29.8. The quantitative estimate of drug-likeness (QED) is 0.291. The van der Waals surface area contributed by atoms with Gasteiger partial charge in [0.15, 0.2) is 16.6 Å². The van der Waals surface area contributed by atoms with Crippen molar-refractivity contribution >= 4 is 25.7 Å². The van der Waals surface area contributed by atoms with Crippen LogP contribution in [0, 0.1) is 0 Å². The second-order valence-electron chi connectivity index (χ2n) is 12.0. The van der Waals surface area contributed by atoms with Gasteiger partial charge < -0.3 is 26.9 Å². The van der Waals surface area contributed by atoms with Crippen LogP contribution < -0.4 is 11.2 Å². The second-order valence-corrected chi connectivity index (χ2v) is 23.6. The fourth-order valence-electron chi connectivity index (χ4n) is 4.51. The summed E-state index contributed by atoms with van der Waals surface area (Å²) in [7, 11) is -8.51. The van der Waals surface area contributed by atoms with Crippen molar-refractivity contribution in [3.05, 3.63) is 105 Å². The van der Waals surface area contributed by atoms with Gasteiger partial charge in [0.2, 0.25) is 0 Å². The molecule has 2 aromatic carbocycles. The maximum absolute atomic E-state index is 12.3. The first-order valence-electron chi connectivity index (χ1n) is 13.7. The van der Waals surface area contributed by atoms with Gasteiger partial charge in [-0.25, -0.2) is 4.79 Å². The summed E-state index contributed by atoms with van der Waals surface area (Å²) >= 11 is 0. The van der Waals surface area contributed by atoms with Crippen LogP contribution in [0.1, 0.15) is 29.9 Å². The number of ether oxygens (including phenoxy) is 1. The molecule has 2 N–H and O–H groups in total. The molecule has 0 aliphatic carbocycles. The summed E-state index contributed by atoms with van der Waals surface area (Å²) in [4.78, 5) is 26.1. The summed E-state index contributed by atoms with van der Waals surface area (Å²) in [6, 6.07) is 21.0. The number of aromatic nitrogens is 2. The molecule has 0 saturated carbocycles. The van der Waals surface area contributed by atoms with Gasteiger partial charge in [0.25, 0.3) is 5.56 Å². The van der Waals surface area contributed by atoms with Gasteiger partial charge in [0.05, 0.1) is 12.7 Å². The van der Waals surface area contributed by atoms with E-state index in [0.29, 0.717) is 0 Å². The number of rotatable bonds is 12. The summed E-state index contributed by atoms with van der Waals surface area (Å²) in [6.45, 7) is 12.2. The van der Waals surface area contributed by atoms with E-state index in [-0.39, 0.29) is 13.0 Å². The highest BCUT2D eigenvalue weighted by atomic mass is 28.5. The zero-order valence-corrected chi connectivity index (χ0v) is 27.4. The molecule has 1 aliphatic heterocycles. The van der Waals surface area contributed by atoms with Crippen molar-refractivity contribution in [1.82, 2.24) is 9.55 Å². The summed E-state index contributed by atoms with van der Waals surface area (Å²) in [5, 5.41) is 10.9. The molecule has 4 rings (SSSR count). The van der Waals surface area contributed by atoms with Gasteiger partial charge >= 0.3 is 14.7 Å². The maximum Gasteiger partial charge on any atom is 0.659 e. The Hall–Kier alpha value is -2.47. The van der Waals surface area contributed by atoms with Gasteiger partial charge in [0.1, 0.15) is 18.4 Å². The molecule has 1 saturated heterocycles. The third-order valence-electron chi connectivity index (χ3n) is 6.12. The molecule has 0 amide bonds. The number of aromatic amines is 1. The molecular weight excluding hydrogens is 577 g/mol. The van der Waals surface area contributed by atoms with Gasteiger partial charge in [-0.1, -0.05) is 60.7 Å². The van der Waals surface area contributed by atoms with Crippen LogP contribution in [0.15, 0.2) is 82.5 Å². The highest BCUT2D eigenvalue weighted by Crippen LogP contribution is 2.35. The van der Waals surface area contributed by atoms with Crippen LogP contribution in [0.3, 0.4) is 0 Å². The van der Waals surface area contributed by atoms with Crippen molar-refractivity contribution in [2.45, 2.75) is 70.2 Å². The van der Waals surface area contributed by atoms with Crippen LogP contribution in [-0.4, -0.2) is 59.2 Å². The number of aliphatic hydroxyl groups excluding tert-OH is 1. The highest BCUT2D eigenvalue weighted by Gasteiger charge is 2.54. The third-order valence-corrected chi connectivity index (χ3v) is 14.1. The minimum atomic E-state index is -3.90. The van der Waals surface area contributed by atoms with Crippen LogP contribution in [-0.2, 0) is 21.8 Å². The van der Waals surface area contributed by atoms with E-state index >= 15 is 0 Å². The number of nitrogens with one attached hydrogen (secondary N) is 1. The van der Waals surface area contributed by atoms with Crippen molar-refractivity contribution in [2.75, 3.05) is 6.61 Å². The zero-order valence-electron chi connectivity index (χ0n) is 24.4. The standard InChI is InChI=1S/C28H40N2O8Si3/c1-39(2,3)37-41(38-40(4,5)6,36-27(21-13-9-7-10-14-21)22-15-11-8-12-16-22)34-20-24-23(31)19-26(35-24)30-18-17-25(32)29-28(30)33/h7-18,23-24,26-27,31H,19-20H2,1-6H3,(H,29,32,33)/t23?,24-,26-/m0/s1. The first kappa shape index (κ1) is 31.5. The number of benzene rings is 2. The van der Waals surface area contributed by atoms with Gasteiger partial charge in [-0.2, -0.15) is 0 Å². The SMILES string of the molecule is C[Si](C)(C)O[Si](OC[C@@H]1O[C@H](n2ccc(=O)[nH]c2=O)CC1O)(OC(c1ccccc1)c1ccccc1)O[Si](C)(C)C. The Balaban J connectivity index is 1.67.